The van der Waals surface area contributed by atoms with Crippen molar-refractivity contribution in [1.82, 2.24) is 19.9 Å². The van der Waals surface area contributed by atoms with Gasteiger partial charge in [0.2, 0.25) is 5.91 Å². The van der Waals surface area contributed by atoms with Crippen molar-refractivity contribution in [2.75, 3.05) is 17.6 Å². The summed E-state index contributed by atoms with van der Waals surface area (Å²) in [6, 6.07) is 18.0. The fourth-order valence-electron chi connectivity index (χ4n) is 5.01. The van der Waals surface area contributed by atoms with Gasteiger partial charge in [0, 0.05) is 46.6 Å². The fraction of sp³-hybridized carbons (Fsp3) is 0.241. The van der Waals surface area contributed by atoms with E-state index in [9.17, 15) is 9.59 Å². The molecule has 2 aromatic heterocycles. The normalized spacial score (nSPS) is 13.6. The van der Waals surface area contributed by atoms with Gasteiger partial charge in [0.05, 0.1) is 0 Å². The van der Waals surface area contributed by atoms with E-state index in [1.165, 1.54) is 0 Å². The highest BCUT2D eigenvalue weighted by Gasteiger charge is 2.31. The van der Waals surface area contributed by atoms with Gasteiger partial charge in [0.25, 0.3) is 5.56 Å². The van der Waals surface area contributed by atoms with Crippen molar-refractivity contribution in [3.8, 4) is 0 Å². The molecule has 1 amide bonds. The van der Waals surface area contributed by atoms with Crippen LogP contribution in [-0.2, 0) is 17.8 Å². The average molecular weight is 636 g/mol. The molecule has 4 N–H and O–H groups in total. The van der Waals surface area contributed by atoms with E-state index in [-0.39, 0.29) is 48.0 Å². The molecule has 0 aliphatic carbocycles. The number of rotatable bonds is 8. The number of nitrogens with zero attached hydrogens (tertiary/aromatic N) is 3. The monoisotopic (exact) mass is 634 g/mol. The molecule has 0 unspecified atom stereocenters. The molecular formula is C29H30Cl4N6O2. The molecule has 216 valence electrons. The number of amides is 1. The molecule has 8 nitrogen and oxygen atoms in total. The van der Waals surface area contributed by atoms with Gasteiger partial charge in [-0.3, -0.25) is 14.2 Å². The number of aryl methyl sites for hydroxylation is 2. The summed E-state index contributed by atoms with van der Waals surface area (Å²) in [4.78, 5) is 35.3. The first kappa shape index (κ1) is 32.2. The minimum atomic E-state index is -0.624. The Morgan fingerprint density at radius 1 is 1.05 bits per heavy atom. The minimum Gasteiger partial charge on any atom is -0.384 e. The standard InChI is InChI=1S/C29H28Cl2N6O2.2ClH/c1-17-18(10-13-26(32)36-17)14-35-28(38)25-12-11-19-15-33-27(29(39)37(19)25)34-16-22(20-6-2-4-8-23(20)30)21-7-3-5-9-24(21)31;;/h2-10,13,15,22,25H,11-12,14,16H2,1H3,(H2,32,36)(H,33,34)(H,35,38);2*1H/t25-;;/m0../s1. The summed E-state index contributed by atoms with van der Waals surface area (Å²) in [6.45, 7) is 2.47. The largest absolute Gasteiger partial charge is 0.384 e. The number of nitrogens with one attached hydrogen (secondary N) is 2. The number of aromatic nitrogens is 3. The number of hydrogen-bond acceptors (Lipinski definition) is 6. The van der Waals surface area contributed by atoms with Gasteiger partial charge in [0.15, 0.2) is 5.82 Å². The van der Waals surface area contributed by atoms with Crippen molar-refractivity contribution >= 4 is 65.6 Å². The number of halogens is 4. The molecule has 1 atom stereocenters. The molecule has 0 saturated carbocycles. The summed E-state index contributed by atoms with van der Waals surface area (Å²) in [7, 11) is 0. The Morgan fingerprint density at radius 2 is 1.68 bits per heavy atom. The van der Waals surface area contributed by atoms with Crippen LogP contribution in [0.1, 0.15) is 46.5 Å². The summed E-state index contributed by atoms with van der Waals surface area (Å²) < 4.78 is 1.54. The zero-order valence-electron chi connectivity index (χ0n) is 22.1. The Hall–Kier alpha value is -3.30. The SMILES string of the molecule is Cc1nc(N)ccc1CNC(=O)[C@@H]1CCc2cnc(NCC(c3ccccc3Cl)c3ccccc3Cl)c(=O)n21.Cl.Cl. The molecule has 0 spiro atoms. The summed E-state index contributed by atoms with van der Waals surface area (Å²) >= 11 is 13.1. The van der Waals surface area contributed by atoms with E-state index < -0.39 is 6.04 Å². The highest BCUT2D eigenvalue weighted by Crippen LogP contribution is 2.34. The van der Waals surface area contributed by atoms with Crippen LogP contribution in [0.25, 0.3) is 0 Å². The zero-order valence-corrected chi connectivity index (χ0v) is 25.3. The number of carbonyl (C=O) groups excluding carboxylic acids is 1. The van der Waals surface area contributed by atoms with Crippen LogP contribution in [0.2, 0.25) is 10.0 Å². The second-order valence-electron chi connectivity index (χ2n) is 9.50. The van der Waals surface area contributed by atoms with Gasteiger partial charge in [0.1, 0.15) is 11.9 Å². The van der Waals surface area contributed by atoms with Crippen LogP contribution in [0.3, 0.4) is 0 Å². The lowest BCUT2D eigenvalue weighted by molar-refractivity contribution is -0.124. The lowest BCUT2D eigenvalue weighted by atomic mass is 9.91. The minimum absolute atomic E-state index is 0. The van der Waals surface area contributed by atoms with Gasteiger partial charge in [-0.05, 0) is 54.7 Å². The first-order valence-electron chi connectivity index (χ1n) is 12.7. The van der Waals surface area contributed by atoms with E-state index in [1.807, 2.05) is 61.5 Å². The number of nitrogens with two attached hydrogens (primary N) is 1. The first-order chi connectivity index (χ1) is 18.8. The van der Waals surface area contributed by atoms with Crippen LogP contribution < -0.4 is 21.9 Å². The van der Waals surface area contributed by atoms with Crippen LogP contribution >= 0.6 is 48.0 Å². The van der Waals surface area contributed by atoms with Crippen LogP contribution in [-0.4, -0.2) is 27.0 Å². The molecule has 0 bridgehead atoms. The van der Waals surface area contributed by atoms with Gasteiger partial charge in [-0.15, -0.1) is 24.8 Å². The number of carbonyl (C=O) groups is 1. The Bertz CT molecular complexity index is 1550. The Kier molecular flexibility index (Phi) is 11.0. The fourth-order valence-corrected chi connectivity index (χ4v) is 5.54. The maximum absolute atomic E-state index is 13.5. The van der Waals surface area contributed by atoms with Crippen molar-refractivity contribution in [1.29, 1.82) is 0 Å². The molecule has 1 aliphatic rings. The molecule has 2 aromatic carbocycles. The van der Waals surface area contributed by atoms with Crippen LogP contribution in [0.5, 0.6) is 0 Å². The summed E-state index contributed by atoms with van der Waals surface area (Å²) in [5.41, 5.74) is 9.49. The summed E-state index contributed by atoms with van der Waals surface area (Å²) in [5, 5.41) is 7.36. The molecule has 0 fully saturated rings. The third-order valence-electron chi connectivity index (χ3n) is 7.07. The molecule has 5 rings (SSSR count). The van der Waals surface area contributed by atoms with E-state index in [0.717, 1.165) is 28.1 Å². The Balaban J connectivity index is 0.00000231. The van der Waals surface area contributed by atoms with Gasteiger partial charge in [-0.25, -0.2) is 9.97 Å². The number of benzene rings is 2. The molecule has 0 radical (unpaired) electrons. The molecule has 1 aliphatic heterocycles. The zero-order chi connectivity index (χ0) is 27.5. The van der Waals surface area contributed by atoms with Gasteiger partial charge >= 0.3 is 0 Å². The van der Waals surface area contributed by atoms with Crippen molar-refractivity contribution < 1.29 is 4.79 Å². The van der Waals surface area contributed by atoms with E-state index in [4.69, 9.17) is 28.9 Å². The average Bonchev–Trinajstić information content (AvgIpc) is 3.36. The predicted molar refractivity (Wildman–Crippen MR) is 169 cm³/mol. The van der Waals surface area contributed by atoms with E-state index in [1.54, 1.807) is 16.8 Å². The summed E-state index contributed by atoms with van der Waals surface area (Å²) in [5.74, 6) is 0.135. The quantitative estimate of drug-likeness (QED) is 0.228. The van der Waals surface area contributed by atoms with Gasteiger partial charge < -0.3 is 16.4 Å². The topological polar surface area (TPSA) is 115 Å². The number of fused-ring (bicyclic) bond motifs is 1. The summed E-state index contributed by atoms with van der Waals surface area (Å²) in [6.07, 6.45) is 2.77. The van der Waals surface area contributed by atoms with Gasteiger partial charge in [-0.1, -0.05) is 65.7 Å². The molecule has 4 aromatic rings. The number of hydrogen-bond donors (Lipinski definition) is 3. The van der Waals surface area contributed by atoms with Gasteiger partial charge in [-0.2, -0.15) is 0 Å². The van der Waals surface area contributed by atoms with Crippen LogP contribution in [0.15, 0.2) is 71.7 Å². The maximum atomic E-state index is 13.5. The smallest absolute Gasteiger partial charge is 0.294 e. The lowest BCUT2D eigenvalue weighted by Crippen LogP contribution is -2.36. The first-order valence-corrected chi connectivity index (χ1v) is 13.4. The molecule has 12 heteroatoms. The van der Waals surface area contributed by atoms with Crippen molar-refractivity contribution in [3.63, 3.8) is 0 Å². The molecule has 41 heavy (non-hydrogen) atoms. The third-order valence-corrected chi connectivity index (χ3v) is 7.75. The van der Waals surface area contributed by atoms with E-state index >= 15 is 0 Å². The lowest BCUT2D eigenvalue weighted by Gasteiger charge is -2.22. The number of nitrogen functional groups attached to an aromatic ring is 1. The third kappa shape index (κ3) is 6.96. The van der Waals surface area contributed by atoms with Crippen molar-refractivity contribution in [3.05, 3.63) is 115 Å². The molecule has 3 heterocycles. The van der Waals surface area contributed by atoms with Crippen molar-refractivity contribution in [2.24, 2.45) is 0 Å². The second-order valence-corrected chi connectivity index (χ2v) is 10.3. The highest BCUT2D eigenvalue weighted by atomic mass is 35.5. The van der Waals surface area contributed by atoms with Crippen LogP contribution in [0, 0.1) is 6.92 Å². The van der Waals surface area contributed by atoms with E-state index in [2.05, 4.69) is 20.6 Å². The Morgan fingerprint density at radius 3 is 2.29 bits per heavy atom. The van der Waals surface area contributed by atoms with E-state index in [0.29, 0.717) is 41.8 Å². The Labute approximate surface area is 260 Å². The second kappa shape index (κ2) is 14.0. The highest BCUT2D eigenvalue weighted by molar-refractivity contribution is 6.32. The number of anilines is 2. The van der Waals surface area contributed by atoms with Crippen molar-refractivity contribution in [2.45, 2.75) is 38.3 Å². The predicted octanol–water partition coefficient (Wildman–Crippen LogP) is 5.73. The van der Waals surface area contributed by atoms with Crippen LogP contribution in [0.4, 0.5) is 11.6 Å². The maximum Gasteiger partial charge on any atom is 0.294 e. The molecular weight excluding hydrogens is 606 g/mol. The number of pyridine rings is 1. The molecule has 0 saturated heterocycles.